The third-order valence-corrected chi connectivity index (χ3v) is 6.05. The molecule has 1 aliphatic rings. The number of halogens is 3. The molecule has 0 fully saturated rings. The second kappa shape index (κ2) is 4.83. The number of rotatable bonds is 1. The van der Waals surface area contributed by atoms with Crippen molar-refractivity contribution in [2.45, 2.75) is 56.4 Å². The molecule has 3 unspecified atom stereocenters. The van der Waals surface area contributed by atoms with Crippen molar-refractivity contribution in [3.63, 3.8) is 0 Å². The standard InChI is InChI=1S/C12H18FI2N3/c1-6(2)17-11(14)7(3)9-8(4)16-18(15)10(9)12(17,5)13/h6-7,11H,1-5H3. The number of fused-ring (bicyclic) bond motifs is 1. The monoisotopic (exact) mass is 477 g/mol. The van der Waals surface area contributed by atoms with Crippen LogP contribution in [0.2, 0.25) is 0 Å². The average Bonchev–Trinajstić information content (AvgIpc) is 2.50. The van der Waals surface area contributed by atoms with Crippen LogP contribution in [0.25, 0.3) is 0 Å². The summed E-state index contributed by atoms with van der Waals surface area (Å²) >= 11 is 4.43. The highest BCUT2D eigenvalue weighted by molar-refractivity contribution is 14.1. The van der Waals surface area contributed by atoms with E-state index in [-0.39, 0.29) is 16.0 Å². The predicted molar refractivity (Wildman–Crippen MR) is 88.0 cm³/mol. The molecule has 102 valence electrons. The van der Waals surface area contributed by atoms with Gasteiger partial charge in [0.1, 0.15) is 5.69 Å². The third-order valence-electron chi connectivity index (χ3n) is 3.67. The van der Waals surface area contributed by atoms with Crippen molar-refractivity contribution in [1.82, 2.24) is 12.9 Å². The molecule has 0 amide bonds. The first kappa shape index (κ1) is 15.0. The van der Waals surface area contributed by atoms with Gasteiger partial charge in [-0.25, -0.2) is 7.29 Å². The summed E-state index contributed by atoms with van der Waals surface area (Å²) in [5.41, 5.74) is 2.72. The molecule has 0 radical (unpaired) electrons. The molecule has 0 bridgehead atoms. The van der Waals surface area contributed by atoms with Gasteiger partial charge in [0.25, 0.3) is 0 Å². The van der Waals surface area contributed by atoms with Crippen LogP contribution in [0.3, 0.4) is 0 Å². The first-order valence-electron chi connectivity index (χ1n) is 6.07. The van der Waals surface area contributed by atoms with Gasteiger partial charge in [-0.1, -0.05) is 29.5 Å². The van der Waals surface area contributed by atoms with Gasteiger partial charge in [-0.2, -0.15) is 5.10 Å². The number of aromatic nitrogens is 2. The van der Waals surface area contributed by atoms with Gasteiger partial charge in [0.15, 0.2) is 0 Å². The fraction of sp³-hybridized carbons (Fsp3) is 0.750. The fourth-order valence-corrected chi connectivity index (χ4v) is 5.52. The van der Waals surface area contributed by atoms with Gasteiger partial charge in [0, 0.05) is 17.5 Å². The van der Waals surface area contributed by atoms with E-state index in [0.29, 0.717) is 5.69 Å². The van der Waals surface area contributed by atoms with E-state index < -0.39 is 5.79 Å². The van der Waals surface area contributed by atoms with E-state index in [4.69, 9.17) is 0 Å². The number of aryl methyl sites for hydroxylation is 1. The fourth-order valence-electron chi connectivity index (χ4n) is 2.97. The minimum atomic E-state index is -1.47. The van der Waals surface area contributed by atoms with Crippen molar-refractivity contribution in [3.05, 3.63) is 17.0 Å². The average molecular weight is 477 g/mol. The van der Waals surface area contributed by atoms with E-state index in [9.17, 15) is 0 Å². The van der Waals surface area contributed by atoms with Crippen LogP contribution in [0, 0.1) is 6.92 Å². The zero-order chi connectivity index (χ0) is 13.8. The van der Waals surface area contributed by atoms with Crippen molar-refractivity contribution in [1.29, 1.82) is 0 Å². The van der Waals surface area contributed by atoms with Gasteiger partial charge in [-0.05, 0) is 27.7 Å². The molecular weight excluding hydrogens is 459 g/mol. The highest BCUT2D eigenvalue weighted by atomic mass is 127. The molecule has 0 spiro atoms. The molecule has 1 aliphatic heterocycles. The Kier molecular flexibility index (Phi) is 4.02. The first-order valence-corrected chi connectivity index (χ1v) is 8.28. The lowest BCUT2D eigenvalue weighted by Crippen LogP contribution is -2.54. The van der Waals surface area contributed by atoms with Gasteiger partial charge in [-0.15, -0.1) is 0 Å². The van der Waals surface area contributed by atoms with Crippen molar-refractivity contribution in [2.24, 2.45) is 0 Å². The summed E-state index contributed by atoms with van der Waals surface area (Å²) in [6.07, 6.45) is 0. The van der Waals surface area contributed by atoms with Gasteiger partial charge in [0.2, 0.25) is 5.79 Å². The summed E-state index contributed by atoms with van der Waals surface area (Å²) in [6.45, 7) is 9.87. The number of hydrogen-bond donors (Lipinski definition) is 0. The van der Waals surface area contributed by atoms with E-state index in [1.165, 1.54) is 0 Å². The molecule has 2 heterocycles. The molecule has 1 aromatic rings. The van der Waals surface area contributed by atoms with E-state index >= 15 is 4.39 Å². The Morgan fingerprint density at radius 3 is 2.50 bits per heavy atom. The molecule has 0 N–H and O–H groups in total. The number of hydrogen-bond acceptors (Lipinski definition) is 2. The SMILES string of the molecule is Cc1nn(I)c2c1C(C)C(I)N(C(C)C)C2(C)F. The van der Waals surface area contributed by atoms with Crippen LogP contribution in [0.4, 0.5) is 4.39 Å². The molecule has 3 nitrogen and oxygen atoms in total. The Labute approximate surface area is 135 Å². The summed E-state index contributed by atoms with van der Waals surface area (Å²) in [4.78, 5) is 1.94. The van der Waals surface area contributed by atoms with Crippen LogP contribution in [0.15, 0.2) is 0 Å². The summed E-state index contributed by atoms with van der Waals surface area (Å²) in [5.74, 6) is -1.18. The molecule has 18 heavy (non-hydrogen) atoms. The minimum absolute atomic E-state index is 0.143. The smallest absolute Gasteiger partial charge is 0.205 e. The maximum Gasteiger partial charge on any atom is 0.205 e. The Morgan fingerprint density at radius 1 is 1.44 bits per heavy atom. The van der Waals surface area contributed by atoms with Crippen molar-refractivity contribution in [2.75, 3.05) is 0 Å². The quantitative estimate of drug-likeness (QED) is 0.345. The molecule has 3 atom stereocenters. The van der Waals surface area contributed by atoms with Crippen LogP contribution in [0.1, 0.15) is 50.6 Å². The number of alkyl halides is 2. The number of nitrogens with zero attached hydrogens (tertiary/aromatic N) is 3. The molecule has 0 saturated heterocycles. The maximum absolute atomic E-state index is 15.3. The highest BCUT2D eigenvalue weighted by Gasteiger charge is 2.50. The van der Waals surface area contributed by atoms with Crippen LogP contribution in [0.5, 0.6) is 0 Å². The van der Waals surface area contributed by atoms with E-state index in [0.717, 1.165) is 11.3 Å². The van der Waals surface area contributed by atoms with E-state index in [1.807, 2.05) is 25.7 Å². The summed E-state index contributed by atoms with van der Waals surface area (Å²) < 4.78 is 17.2. The van der Waals surface area contributed by atoms with Gasteiger partial charge >= 0.3 is 0 Å². The zero-order valence-corrected chi connectivity index (χ0v) is 15.5. The minimum Gasteiger partial charge on any atom is -0.251 e. The Balaban J connectivity index is 2.68. The normalized spacial score (nSPS) is 32.9. The zero-order valence-electron chi connectivity index (χ0n) is 11.2. The predicted octanol–water partition coefficient (Wildman–Crippen LogP) is 4.12. The summed E-state index contributed by atoms with van der Waals surface area (Å²) in [5, 5.41) is 4.40. The van der Waals surface area contributed by atoms with Crippen molar-refractivity contribution in [3.8, 4) is 0 Å². The lowest BCUT2D eigenvalue weighted by Gasteiger charge is -2.47. The second-order valence-electron chi connectivity index (χ2n) is 5.32. The van der Waals surface area contributed by atoms with Crippen LogP contribution in [-0.4, -0.2) is 23.0 Å². The Hall–Kier alpha value is 0.560. The largest absolute Gasteiger partial charge is 0.251 e. The Bertz CT molecular complexity index is 470. The summed E-state index contributed by atoms with van der Waals surface area (Å²) in [6, 6.07) is 0.157. The van der Waals surface area contributed by atoms with Crippen molar-refractivity contribution >= 4 is 45.5 Å². The van der Waals surface area contributed by atoms with Crippen LogP contribution in [-0.2, 0) is 5.79 Å². The first-order chi connectivity index (χ1) is 8.19. The Morgan fingerprint density at radius 2 is 2.00 bits per heavy atom. The molecule has 0 saturated carbocycles. The molecule has 0 aromatic carbocycles. The van der Waals surface area contributed by atoms with Crippen molar-refractivity contribution < 1.29 is 4.39 Å². The topological polar surface area (TPSA) is 21.1 Å². The molecule has 1 aromatic heterocycles. The molecule has 0 aliphatic carbocycles. The molecule has 6 heteroatoms. The molecule has 2 rings (SSSR count). The van der Waals surface area contributed by atoms with Gasteiger partial charge in [-0.3, -0.25) is 4.90 Å². The lowest BCUT2D eigenvalue weighted by atomic mass is 9.88. The van der Waals surface area contributed by atoms with Gasteiger partial charge < -0.3 is 0 Å². The third kappa shape index (κ3) is 2.02. The lowest BCUT2D eigenvalue weighted by molar-refractivity contribution is -0.0682. The van der Waals surface area contributed by atoms with E-state index in [2.05, 4.69) is 57.5 Å². The van der Waals surface area contributed by atoms with Crippen LogP contribution >= 0.6 is 45.5 Å². The van der Waals surface area contributed by atoms with E-state index in [1.54, 1.807) is 9.82 Å². The molecular formula is C12H18FI2N3. The summed E-state index contributed by atoms with van der Waals surface area (Å²) in [7, 11) is 0. The highest BCUT2D eigenvalue weighted by Crippen LogP contribution is 2.49. The second-order valence-corrected chi connectivity index (χ2v) is 7.51. The van der Waals surface area contributed by atoms with Crippen LogP contribution < -0.4 is 0 Å². The van der Waals surface area contributed by atoms with Gasteiger partial charge in [0.05, 0.1) is 32.6 Å². The maximum atomic E-state index is 15.3.